The van der Waals surface area contributed by atoms with E-state index in [9.17, 15) is 24.4 Å². The molecule has 21 heavy (non-hydrogen) atoms. The molecule has 6 nitrogen and oxygen atoms in total. The summed E-state index contributed by atoms with van der Waals surface area (Å²) in [5.41, 5.74) is -0.367. The van der Waals surface area contributed by atoms with Gasteiger partial charge in [-0.05, 0) is 25.1 Å². The molecule has 1 amide bonds. The zero-order chi connectivity index (χ0) is 15.6. The summed E-state index contributed by atoms with van der Waals surface area (Å²) < 4.78 is 13.4. The number of nitrogens with zero attached hydrogens (tertiary/aromatic N) is 1. The van der Waals surface area contributed by atoms with Gasteiger partial charge in [0.15, 0.2) is 0 Å². The van der Waals surface area contributed by atoms with Crippen LogP contribution in [0.3, 0.4) is 0 Å². The zero-order valence-electron chi connectivity index (χ0n) is 11.0. The van der Waals surface area contributed by atoms with Gasteiger partial charge in [-0.15, -0.1) is 0 Å². The minimum absolute atomic E-state index is 0.228. The molecule has 0 spiro atoms. The van der Waals surface area contributed by atoms with Gasteiger partial charge in [0, 0.05) is 17.3 Å². The van der Waals surface area contributed by atoms with E-state index in [0.717, 1.165) is 6.07 Å². The highest BCUT2D eigenvalue weighted by molar-refractivity contribution is 6.07. The van der Waals surface area contributed by atoms with E-state index in [2.05, 4.69) is 5.32 Å². The number of nitro groups is 1. The van der Waals surface area contributed by atoms with Gasteiger partial charge in [0.1, 0.15) is 5.82 Å². The monoisotopic (exact) mass is 290 g/mol. The number of nitro benzene ring substituents is 1. The van der Waals surface area contributed by atoms with E-state index >= 15 is 0 Å². The number of hydrogen-bond acceptors (Lipinski definition) is 4. The smallest absolute Gasteiger partial charge is 0.311 e. The van der Waals surface area contributed by atoms with Gasteiger partial charge in [-0.2, -0.15) is 0 Å². The number of phenols is 1. The number of anilines is 1. The average Bonchev–Trinajstić information content (AvgIpc) is 2.43. The number of benzene rings is 2. The number of halogens is 1. The lowest BCUT2D eigenvalue weighted by Gasteiger charge is -2.09. The summed E-state index contributed by atoms with van der Waals surface area (Å²) >= 11 is 0. The predicted molar refractivity (Wildman–Crippen MR) is 73.9 cm³/mol. The fourth-order valence-corrected chi connectivity index (χ4v) is 1.79. The number of para-hydroxylation sites is 1. The van der Waals surface area contributed by atoms with Crippen LogP contribution < -0.4 is 5.32 Å². The number of nitrogens with one attached hydrogen (secondary N) is 1. The number of phenolic OH excluding ortho intramolecular Hbond substituents is 1. The Balaban J connectivity index is 2.35. The summed E-state index contributed by atoms with van der Waals surface area (Å²) in [7, 11) is 0. The quantitative estimate of drug-likeness (QED) is 0.671. The van der Waals surface area contributed by atoms with Gasteiger partial charge < -0.3 is 10.4 Å². The van der Waals surface area contributed by atoms with Crippen molar-refractivity contribution in [1.29, 1.82) is 0 Å². The predicted octanol–water partition coefficient (Wildman–Crippen LogP) is 3.00. The molecular formula is C14H11FN2O4. The second kappa shape index (κ2) is 5.58. The first-order valence-electron chi connectivity index (χ1n) is 5.94. The van der Waals surface area contributed by atoms with Crippen LogP contribution in [0.25, 0.3) is 0 Å². The fraction of sp³-hybridized carbons (Fsp3) is 0.0714. The molecule has 0 saturated heterocycles. The van der Waals surface area contributed by atoms with E-state index in [0.29, 0.717) is 0 Å². The van der Waals surface area contributed by atoms with E-state index in [1.54, 1.807) is 0 Å². The Morgan fingerprint density at radius 3 is 2.62 bits per heavy atom. The largest absolute Gasteiger partial charge is 0.502 e. The molecule has 0 aliphatic rings. The van der Waals surface area contributed by atoms with Crippen LogP contribution in [0.4, 0.5) is 15.8 Å². The average molecular weight is 290 g/mol. The molecule has 0 aliphatic carbocycles. The van der Waals surface area contributed by atoms with Crippen molar-refractivity contribution in [3.05, 3.63) is 63.5 Å². The molecule has 0 fully saturated rings. The van der Waals surface area contributed by atoms with Gasteiger partial charge in [-0.1, -0.05) is 12.1 Å². The minimum atomic E-state index is -0.792. The first-order valence-corrected chi connectivity index (χ1v) is 5.94. The SMILES string of the molecule is Cc1c(F)cccc1NC(=O)c1cccc([N+](=O)[O-])c1O. The number of carbonyl (C=O) groups is 1. The van der Waals surface area contributed by atoms with Gasteiger partial charge in [0.2, 0.25) is 5.75 Å². The van der Waals surface area contributed by atoms with Crippen LogP contribution >= 0.6 is 0 Å². The van der Waals surface area contributed by atoms with Gasteiger partial charge in [-0.25, -0.2) is 4.39 Å². The lowest BCUT2D eigenvalue weighted by atomic mass is 10.1. The fourth-order valence-electron chi connectivity index (χ4n) is 1.79. The Labute approximate surface area is 119 Å². The maximum Gasteiger partial charge on any atom is 0.311 e. The third-order valence-electron chi connectivity index (χ3n) is 2.97. The van der Waals surface area contributed by atoms with Gasteiger partial charge in [-0.3, -0.25) is 14.9 Å². The lowest BCUT2D eigenvalue weighted by Crippen LogP contribution is -2.13. The summed E-state index contributed by atoms with van der Waals surface area (Å²) in [6, 6.07) is 7.77. The Morgan fingerprint density at radius 2 is 1.95 bits per heavy atom. The van der Waals surface area contributed by atoms with E-state index in [-0.39, 0.29) is 16.8 Å². The Hall–Kier alpha value is -2.96. The number of hydrogen-bond donors (Lipinski definition) is 2. The second-order valence-corrected chi connectivity index (χ2v) is 4.30. The first kappa shape index (κ1) is 14.4. The van der Waals surface area contributed by atoms with Crippen LogP contribution in [-0.2, 0) is 0 Å². The van der Waals surface area contributed by atoms with Gasteiger partial charge in [0.05, 0.1) is 10.5 Å². The van der Waals surface area contributed by atoms with Crippen molar-refractivity contribution in [2.45, 2.75) is 6.92 Å². The van der Waals surface area contributed by atoms with Crippen LogP contribution in [0.15, 0.2) is 36.4 Å². The number of carbonyl (C=O) groups excluding carboxylic acids is 1. The maximum absolute atomic E-state index is 13.4. The summed E-state index contributed by atoms with van der Waals surface area (Å²) in [4.78, 5) is 22.0. The molecule has 0 aliphatic heterocycles. The third-order valence-corrected chi connectivity index (χ3v) is 2.97. The van der Waals surface area contributed by atoms with Crippen LogP contribution in [0.2, 0.25) is 0 Å². The highest BCUT2D eigenvalue weighted by Crippen LogP contribution is 2.30. The van der Waals surface area contributed by atoms with E-state index < -0.39 is 28.1 Å². The zero-order valence-corrected chi connectivity index (χ0v) is 11.0. The van der Waals surface area contributed by atoms with Crippen LogP contribution in [0.1, 0.15) is 15.9 Å². The van der Waals surface area contributed by atoms with Crippen LogP contribution in [0.5, 0.6) is 5.75 Å². The molecule has 0 saturated carbocycles. The molecule has 0 unspecified atom stereocenters. The summed E-state index contributed by atoms with van der Waals surface area (Å²) in [5, 5.41) is 22.9. The topological polar surface area (TPSA) is 92.5 Å². The van der Waals surface area contributed by atoms with E-state index in [4.69, 9.17) is 0 Å². The standard InChI is InChI=1S/C14H11FN2O4/c1-8-10(15)5-3-6-11(8)16-14(19)9-4-2-7-12(13(9)18)17(20)21/h2-7,18H,1H3,(H,16,19). The molecule has 2 aromatic rings. The van der Waals surface area contributed by atoms with Gasteiger partial charge >= 0.3 is 5.69 Å². The van der Waals surface area contributed by atoms with Crippen molar-refractivity contribution in [1.82, 2.24) is 0 Å². The molecule has 0 radical (unpaired) electrons. The molecule has 0 atom stereocenters. The molecule has 2 N–H and O–H groups in total. The van der Waals surface area contributed by atoms with Crippen LogP contribution in [0, 0.1) is 22.9 Å². The summed E-state index contributed by atoms with van der Waals surface area (Å²) in [6.07, 6.45) is 0. The van der Waals surface area contributed by atoms with Crippen molar-refractivity contribution in [2.75, 3.05) is 5.32 Å². The summed E-state index contributed by atoms with van der Waals surface area (Å²) in [5.74, 6) is -1.98. The van der Waals surface area contributed by atoms with Crippen molar-refractivity contribution in [3.63, 3.8) is 0 Å². The van der Waals surface area contributed by atoms with E-state index in [1.807, 2.05) is 0 Å². The molecule has 0 aromatic heterocycles. The number of amides is 1. The van der Waals surface area contributed by atoms with Crippen molar-refractivity contribution >= 4 is 17.3 Å². The molecule has 2 rings (SSSR count). The molecule has 0 heterocycles. The van der Waals surface area contributed by atoms with Crippen LogP contribution in [-0.4, -0.2) is 15.9 Å². The van der Waals surface area contributed by atoms with Crippen molar-refractivity contribution in [2.24, 2.45) is 0 Å². The molecule has 7 heteroatoms. The third kappa shape index (κ3) is 2.81. The van der Waals surface area contributed by atoms with Crippen molar-refractivity contribution in [3.8, 4) is 5.75 Å². The molecule has 0 bridgehead atoms. The highest BCUT2D eigenvalue weighted by atomic mass is 19.1. The number of rotatable bonds is 3. The molecule has 108 valence electrons. The van der Waals surface area contributed by atoms with E-state index in [1.165, 1.54) is 37.3 Å². The van der Waals surface area contributed by atoms with Gasteiger partial charge in [0.25, 0.3) is 5.91 Å². The lowest BCUT2D eigenvalue weighted by molar-refractivity contribution is -0.385. The first-order chi connectivity index (χ1) is 9.91. The molecular weight excluding hydrogens is 279 g/mol. The Morgan fingerprint density at radius 1 is 1.29 bits per heavy atom. The Bertz CT molecular complexity index is 731. The minimum Gasteiger partial charge on any atom is -0.502 e. The number of aromatic hydroxyl groups is 1. The normalized spacial score (nSPS) is 10.2. The highest BCUT2D eigenvalue weighted by Gasteiger charge is 2.21. The summed E-state index contributed by atoms with van der Waals surface area (Å²) in [6.45, 7) is 1.48. The second-order valence-electron chi connectivity index (χ2n) is 4.30. The maximum atomic E-state index is 13.4. The Kier molecular flexibility index (Phi) is 3.84. The van der Waals surface area contributed by atoms with Crippen molar-refractivity contribution < 1.29 is 19.2 Å². The molecule has 2 aromatic carbocycles.